The zero-order chi connectivity index (χ0) is 21.9. The number of pyridine rings is 2. The van der Waals surface area contributed by atoms with Crippen LogP contribution in [0.3, 0.4) is 0 Å². The van der Waals surface area contributed by atoms with Gasteiger partial charge in [0.25, 0.3) is 5.56 Å². The fourth-order valence-electron chi connectivity index (χ4n) is 4.62. The van der Waals surface area contributed by atoms with Crippen LogP contribution in [0, 0.1) is 0 Å². The Morgan fingerprint density at radius 2 is 1.88 bits per heavy atom. The maximum Gasteiger partial charge on any atom is 0.259 e. The number of benzene rings is 1. The third kappa shape index (κ3) is 4.42. The maximum absolute atomic E-state index is 12.6. The van der Waals surface area contributed by atoms with E-state index in [9.17, 15) is 4.79 Å². The van der Waals surface area contributed by atoms with Crippen molar-refractivity contribution in [2.24, 2.45) is 5.73 Å². The van der Waals surface area contributed by atoms with Gasteiger partial charge < -0.3 is 31.0 Å². The third-order valence-electron chi connectivity index (χ3n) is 6.41. The highest BCUT2D eigenvalue weighted by Crippen LogP contribution is 2.28. The third-order valence-corrected chi connectivity index (χ3v) is 6.41. The number of nitrogens with zero attached hydrogens (tertiary/aromatic N) is 2. The molecule has 2 aromatic heterocycles. The fraction of sp³-hybridized carbons (Fsp3) is 0.417. The summed E-state index contributed by atoms with van der Waals surface area (Å²) in [5, 5.41) is 8.26. The van der Waals surface area contributed by atoms with Crippen molar-refractivity contribution in [1.29, 1.82) is 0 Å². The molecule has 0 spiro atoms. The van der Waals surface area contributed by atoms with Crippen molar-refractivity contribution in [3.63, 3.8) is 0 Å². The molecule has 1 aromatic carbocycles. The second-order valence-electron chi connectivity index (χ2n) is 8.60. The van der Waals surface area contributed by atoms with Crippen LogP contribution in [-0.2, 0) is 4.74 Å². The van der Waals surface area contributed by atoms with Gasteiger partial charge in [-0.25, -0.2) is 4.98 Å². The molecule has 0 radical (unpaired) electrons. The second kappa shape index (κ2) is 9.18. The van der Waals surface area contributed by atoms with Gasteiger partial charge in [-0.05, 0) is 54.6 Å². The van der Waals surface area contributed by atoms with Gasteiger partial charge in [0.05, 0.1) is 18.6 Å². The number of rotatable bonds is 5. The second-order valence-corrected chi connectivity index (χ2v) is 8.60. The van der Waals surface area contributed by atoms with Gasteiger partial charge in [-0.15, -0.1) is 0 Å². The van der Waals surface area contributed by atoms with Crippen molar-refractivity contribution in [3.8, 4) is 0 Å². The first-order valence-corrected chi connectivity index (χ1v) is 11.4. The number of hydrogen-bond acceptors (Lipinski definition) is 7. The summed E-state index contributed by atoms with van der Waals surface area (Å²) in [7, 11) is 0. The Kier molecular flexibility index (Phi) is 5.96. The Balaban J connectivity index is 1.43. The maximum atomic E-state index is 12.6. The van der Waals surface area contributed by atoms with E-state index in [2.05, 4.69) is 32.7 Å². The zero-order valence-electron chi connectivity index (χ0n) is 18.1. The predicted octanol–water partition coefficient (Wildman–Crippen LogP) is 3.19. The molecule has 0 unspecified atom stereocenters. The van der Waals surface area contributed by atoms with Gasteiger partial charge in [0.15, 0.2) is 0 Å². The lowest BCUT2D eigenvalue weighted by Crippen LogP contribution is -2.42. The van der Waals surface area contributed by atoms with Crippen molar-refractivity contribution in [2.45, 2.75) is 37.8 Å². The number of aromatic nitrogens is 2. The van der Waals surface area contributed by atoms with Crippen LogP contribution in [0.5, 0.6) is 0 Å². The molecule has 1 saturated heterocycles. The van der Waals surface area contributed by atoms with Crippen molar-refractivity contribution in [3.05, 3.63) is 52.9 Å². The molecule has 5 rings (SSSR count). The van der Waals surface area contributed by atoms with E-state index >= 15 is 0 Å². The molecule has 32 heavy (non-hydrogen) atoms. The highest BCUT2D eigenvalue weighted by Gasteiger charge is 2.22. The number of fused-ring (bicyclic) bond motifs is 1. The Bertz CT molecular complexity index is 1120. The molecule has 3 heterocycles. The largest absolute Gasteiger partial charge is 0.378 e. The van der Waals surface area contributed by atoms with Crippen molar-refractivity contribution >= 4 is 33.8 Å². The molecular weight excluding hydrogens is 404 g/mol. The summed E-state index contributed by atoms with van der Waals surface area (Å²) >= 11 is 0. The molecule has 1 saturated carbocycles. The summed E-state index contributed by atoms with van der Waals surface area (Å²) in [4.78, 5) is 22.5. The van der Waals surface area contributed by atoms with Gasteiger partial charge in [0.2, 0.25) is 0 Å². The van der Waals surface area contributed by atoms with Crippen LogP contribution in [-0.4, -0.2) is 48.4 Å². The van der Waals surface area contributed by atoms with Crippen LogP contribution in [0.25, 0.3) is 10.8 Å². The van der Waals surface area contributed by atoms with Gasteiger partial charge in [-0.3, -0.25) is 4.79 Å². The molecule has 0 amide bonds. The Morgan fingerprint density at radius 1 is 1.09 bits per heavy atom. The number of aromatic amines is 1. The molecule has 2 atom stereocenters. The molecule has 8 heteroatoms. The lowest BCUT2D eigenvalue weighted by molar-refractivity contribution is 0.122. The van der Waals surface area contributed by atoms with Crippen LogP contribution in [0.4, 0.5) is 23.0 Å². The molecule has 2 fully saturated rings. The van der Waals surface area contributed by atoms with Gasteiger partial charge in [0, 0.05) is 42.7 Å². The minimum atomic E-state index is -0.164. The number of hydrogen-bond donors (Lipinski definition) is 4. The number of morpholine rings is 1. The Hall–Kier alpha value is -3.10. The average molecular weight is 435 g/mol. The molecule has 8 nitrogen and oxygen atoms in total. The van der Waals surface area contributed by atoms with E-state index in [1.807, 2.05) is 24.3 Å². The molecule has 2 aliphatic rings. The van der Waals surface area contributed by atoms with E-state index in [1.165, 1.54) is 12.8 Å². The smallest absolute Gasteiger partial charge is 0.259 e. The highest BCUT2D eigenvalue weighted by atomic mass is 16.5. The fourth-order valence-corrected chi connectivity index (χ4v) is 4.62. The van der Waals surface area contributed by atoms with Crippen LogP contribution in [0.15, 0.2) is 47.4 Å². The Labute approximate surface area is 187 Å². The van der Waals surface area contributed by atoms with Crippen LogP contribution in [0.2, 0.25) is 0 Å². The number of anilines is 4. The Morgan fingerprint density at radius 3 is 2.66 bits per heavy atom. The first-order chi connectivity index (χ1) is 15.7. The van der Waals surface area contributed by atoms with Gasteiger partial charge in [-0.1, -0.05) is 12.8 Å². The minimum absolute atomic E-state index is 0.115. The van der Waals surface area contributed by atoms with Crippen molar-refractivity contribution in [1.82, 2.24) is 9.97 Å². The first kappa shape index (κ1) is 20.8. The molecule has 3 aromatic rings. The van der Waals surface area contributed by atoms with E-state index < -0.39 is 0 Å². The van der Waals surface area contributed by atoms with Crippen molar-refractivity contribution in [2.75, 3.05) is 41.8 Å². The first-order valence-electron chi connectivity index (χ1n) is 11.4. The van der Waals surface area contributed by atoms with Crippen molar-refractivity contribution < 1.29 is 4.74 Å². The summed E-state index contributed by atoms with van der Waals surface area (Å²) in [6, 6.07) is 12.3. The quantitative estimate of drug-likeness (QED) is 0.488. The summed E-state index contributed by atoms with van der Waals surface area (Å²) < 4.78 is 5.44. The average Bonchev–Trinajstić information content (AvgIpc) is 2.82. The van der Waals surface area contributed by atoms with Crippen LogP contribution < -0.4 is 26.8 Å². The molecule has 5 N–H and O–H groups in total. The van der Waals surface area contributed by atoms with Gasteiger partial charge >= 0.3 is 0 Å². The van der Waals surface area contributed by atoms with Gasteiger partial charge in [0.1, 0.15) is 11.6 Å². The van der Waals surface area contributed by atoms with E-state index in [1.54, 1.807) is 6.20 Å². The molecule has 1 aliphatic heterocycles. The summed E-state index contributed by atoms with van der Waals surface area (Å²) in [6.45, 7) is 3.29. The van der Waals surface area contributed by atoms with Crippen LogP contribution in [0.1, 0.15) is 25.7 Å². The number of ether oxygens (including phenoxy) is 1. The molecule has 0 bridgehead atoms. The van der Waals surface area contributed by atoms with E-state index in [-0.39, 0.29) is 17.6 Å². The normalized spacial score (nSPS) is 21.5. The SMILES string of the molecule is N[C@@H]1CCCC[C@@H]1Nc1cc2cc[nH]c(=O)c2c(Nc2ccc(N3CCOCC3)cc2)n1. The van der Waals surface area contributed by atoms with Crippen LogP contribution >= 0.6 is 0 Å². The number of H-pyrrole nitrogens is 1. The highest BCUT2D eigenvalue weighted by molar-refractivity contribution is 5.94. The lowest BCUT2D eigenvalue weighted by atomic mass is 9.91. The molecule has 1 aliphatic carbocycles. The minimum Gasteiger partial charge on any atom is -0.378 e. The van der Waals surface area contributed by atoms with E-state index in [0.29, 0.717) is 11.2 Å². The standard InChI is InChI=1S/C24H30N6O2/c25-19-3-1-2-4-20(19)28-21-15-16-9-10-26-24(31)22(16)23(29-21)27-17-5-7-18(8-6-17)30-11-13-32-14-12-30/h5-10,15,19-20H,1-4,11-14,25H2,(H,26,31)(H2,27,28,29)/t19-,20+/m1/s1. The predicted molar refractivity (Wildman–Crippen MR) is 129 cm³/mol. The lowest BCUT2D eigenvalue weighted by Gasteiger charge is -2.30. The molecular formula is C24H30N6O2. The monoisotopic (exact) mass is 434 g/mol. The van der Waals surface area contributed by atoms with E-state index in [4.69, 9.17) is 15.5 Å². The zero-order valence-corrected chi connectivity index (χ0v) is 18.1. The van der Waals surface area contributed by atoms with Gasteiger partial charge in [-0.2, -0.15) is 0 Å². The number of nitrogens with one attached hydrogen (secondary N) is 3. The van der Waals surface area contributed by atoms with E-state index in [0.717, 1.165) is 61.7 Å². The summed E-state index contributed by atoms with van der Waals surface area (Å²) in [5.41, 5.74) is 8.21. The summed E-state index contributed by atoms with van der Waals surface area (Å²) in [6.07, 6.45) is 6.06. The number of nitrogens with two attached hydrogens (primary N) is 1. The topological polar surface area (TPSA) is 108 Å². The summed E-state index contributed by atoms with van der Waals surface area (Å²) in [5.74, 6) is 1.27. The molecule has 168 valence electrons.